The van der Waals surface area contributed by atoms with E-state index in [0.717, 1.165) is 12.8 Å². The molecule has 18 heavy (non-hydrogen) atoms. The van der Waals surface area contributed by atoms with Crippen LogP contribution in [0.25, 0.3) is 0 Å². The van der Waals surface area contributed by atoms with Gasteiger partial charge in [-0.1, -0.05) is 26.7 Å². The average molecular weight is 253 g/mol. The van der Waals surface area contributed by atoms with Gasteiger partial charge < -0.3 is 9.64 Å². The Bertz CT molecular complexity index is 358. The van der Waals surface area contributed by atoms with E-state index in [1.165, 1.54) is 6.42 Å². The molecule has 2 amide bonds. The molecule has 5 heteroatoms. The fourth-order valence-corrected chi connectivity index (χ4v) is 3.46. The summed E-state index contributed by atoms with van der Waals surface area (Å²) in [7, 11) is 1.64. The summed E-state index contributed by atoms with van der Waals surface area (Å²) in [5, 5.41) is 10.9. The third kappa shape index (κ3) is 1.81. The Morgan fingerprint density at radius 2 is 2.28 bits per heavy atom. The molecule has 2 N–H and O–H groups in total. The Kier molecular flexibility index (Phi) is 3.61. The molecular formula is C13H23N3O2. The minimum absolute atomic E-state index is 0.141. The highest BCUT2D eigenvalue weighted by Gasteiger charge is 2.55. The molecule has 1 heterocycles. The lowest BCUT2D eigenvalue weighted by atomic mass is 9.67. The minimum Gasteiger partial charge on any atom is -0.383 e. The summed E-state index contributed by atoms with van der Waals surface area (Å²) in [5.41, 5.74) is -0.423. The van der Waals surface area contributed by atoms with Gasteiger partial charge in [-0.05, 0) is 18.3 Å². The van der Waals surface area contributed by atoms with Crippen molar-refractivity contribution in [2.75, 3.05) is 20.3 Å². The van der Waals surface area contributed by atoms with Crippen LogP contribution in [0.15, 0.2) is 0 Å². The van der Waals surface area contributed by atoms with Gasteiger partial charge in [0.15, 0.2) is 0 Å². The SMILES string of the molecule is COCCN1C(=O)NC(=N)C12CCCC(C)C2C. The maximum Gasteiger partial charge on any atom is 0.323 e. The minimum atomic E-state index is -0.423. The van der Waals surface area contributed by atoms with Crippen molar-refractivity contribution in [3.63, 3.8) is 0 Å². The predicted octanol–water partition coefficient (Wildman–Crippen LogP) is 1.83. The Morgan fingerprint density at radius 3 is 2.94 bits per heavy atom. The summed E-state index contributed by atoms with van der Waals surface area (Å²) >= 11 is 0. The van der Waals surface area contributed by atoms with Crippen LogP contribution in [-0.4, -0.2) is 42.6 Å². The molecule has 2 aliphatic rings. The maximum atomic E-state index is 12.0. The lowest BCUT2D eigenvalue weighted by Crippen LogP contribution is -2.58. The molecule has 0 aromatic heterocycles. The first-order valence-corrected chi connectivity index (χ1v) is 6.70. The Balaban J connectivity index is 2.30. The molecule has 1 spiro atoms. The van der Waals surface area contributed by atoms with Crippen molar-refractivity contribution in [2.24, 2.45) is 11.8 Å². The number of amides is 2. The van der Waals surface area contributed by atoms with Gasteiger partial charge in [0.25, 0.3) is 0 Å². The number of hydrogen-bond acceptors (Lipinski definition) is 3. The molecule has 102 valence electrons. The average Bonchev–Trinajstić information content (AvgIpc) is 2.56. The van der Waals surface area contributed by atoms with Crippen molar-refractivity contribution < 1.29 is 9.53 Å². The van der Waals surface area contributed by atoms with Gasteiger partial charge in [-0.2, -0.15) is 0 Å². The summed E-state index contributed by atoms with van der Waals surface area (Å²) in [4.78, 5) is 13.9. The molecule has 5 nitrogen and oxygen atoms in total. The van der Waals surface area contributed by atoms with Crippen molar-refractivity contribution in [3.8, 4) is 0 Å². The molecule has 0 bridgehead atoms. The normalized spacial score (nSPS) is 36.3. The van der Waals surface area contributed by atoms with Crippen molar-refractivity contribution in [1.82, 2.24) is 10.2 Å². The molecule has 3 atom stereocenters. The largest absolute Gasteiger partial charge is 0.383 e. The first-order chi connectivity index (χ1) is 8.54. The first-order valence-electron chi connectivity index (χ1n) is 6.70. The summed E-state index contributed by atoms with van der Waals surface area (Å²) in [6, 6.07) is -0.141. The zero-order valence-corrected chi connectivity index (χ0v) is 11.5. The molecule has 0 radical (unpaired) electrons. The molecule has 2 rings (SSSR count). The van der Waals surface area contributed by atoms with Gasteiger partial charge in [-0.25, -0.2) is 4.79 Å². The highest BCUT2D eigenvalue weighted by atomic mass is 16.5. The van der Waals surface area contributed by atoms with E-state index in [2.05, 4.69) is 19.2 Å². The molecule has 1 aliphatic heterocycles. The van der Waals surface area contributed by atoms with E-state index < -0.39 is 5.54 Å². The second-order valence-corrected chi connectivity index (χ2v) is 5.53. The van der Waals surface area contributed by atoms with E-state index in [1.807, 2.05) is 4.90 Å². The molecule has 1 saturated heterocycles. The van der Waals surface area contributed by atoms with Crippen LogP contribution in [0, 0.1) is 17.2 Å². The van der Waals surface area contributed by atoms with Gasteiger partial charge in [0, 0.05) is 13.7 Å². The Hall–Kier alpha value is -1.10. The number of rotatable bonds is 3. The van der Waals surface area contributed by atoms with Crippen molar-refractivity contribution >= 4 is 11.9 Å². The molecule has 0 aromatic rings. The quantitative estimate of drug-likeness (QED) is 0.806. The number of nitrogens with one attached hydrogen (secondary N) is 2. The summed E-state index contributed by atoms with van der Waals surface area (Å²) in [5.74, 6) is 1.23. The second-order valence-electron chi connectivity index (χ2n) is 5.53. The predicted molar refractivity (Wildman–Crippen MR) is 69.8 cm³/mol. The molecule has 0 aromatic carbocycles. The van der Waals surface area contributed by atoms with Crippen LogP contribution in [-0.2, 0) is 4.74 Å². The van der Waals surface area contributed by atoms with Gasteiger partial charge in [0.2, 0.25) is 0 Å². The fourth-order valence-electron chi connectivity index (χ4n) is 3.46. The van der Waals surface area contributed by atoms with Crippen LogP contribution in [0.4, 0.5) is 4.79 Å². The maximum absolute atomic E-state index is 12.0. The molecular weight excluding hydrogens is 230 g/mol. The zero-order valence-electron chi connectivity index (χ0n) is 11.5. The Labute approximate surface area is 108 Å². The van der Waals surface area contributed by atoms with Crippen LogP contribution in [0.3, 0.4) is 0 Å². The standard InChI is InChI=1S/C13H23N3O2/c1-9-5-4-6-13(10(9)2)11(14)15-12(17)16(13)7-8-18-3/h9-10H,4-8H2,1-3H3,(H2,14,15,17). The van der Waals surface area contributed by atoms with Gasteiger partial charge >= 0.3 is 6.03 Å². The van der Waals surface area contributed by atoms with Crippen molar-refractivity contribution in [1.29, 1.82) is 5.41 Å². The van der Waals surface area contributed by atoms with Crippen LogP contribution >= 0.6 is 0 Å². The highest BCUT2D eigenvalue weighted by Crippen LogP contribution is 2.44. The van der Waals surface area contributed by atoms with Crippen LogP contribution < -0.4 is 5.32 Å². The molecule has 3 unspecified atom stereocenters. The third-order valence-corrected chi connectivity index (χ3v) is 4.73. The third-order valence-electron chi connectivity index (χ3n) is 4.73. The summed E-state index contributed by atoms with van der Waals surface area (Å²) in [6.07, 6.45) is 3.15. The second kappa shape index (κ2) is 4.88. The van der Waals surface area contributed by atoms with Crippen LogP contribution in [0.2, 0.25) is 0 Å². The number of hydrogen-bond donors (Lipinski definition) is 2. The lowest BCUT2D eigenvalue weighted by molar-refractivity contribution is 0.0560. The fraction of sp³-hybridized carbons (Fsp3) is 0.846. The number of urea groups is 1. The van der Waals surface area contributed by atoms with Crippen LogP contribution in [0.1, 0.15) is 33.1 Å². The van der Waals surface area contributed by atoms with Crippen LogP contribution in [0.5, 0.6) is 0 Å². The number of methoxy groups -OCH3 is 1. The number of nitrogens with zero attached hydrogens (tertiary/aromatic N) is 1. The molecule has 1 saturated carbocycles. The van der Waals surface area contributed by atoms with E-state index in [4.69, 9.17) is 10.1 Å². The van der Waals surface area contributed by atoms with E-state index in [9.17, 15) is 4.79 Å². The van der Waals surface area contributed by atoms with E-state index in [1.54, 1.807) is 7.11 Å². The summed E-state index contributed by atoms with van der Waals surface area (Å²) in [6.45, 7) is 5.46. The Morgan fingerprint density at radius 1 is 1.56 bits per heavy atom. The van der Waals surface area contributed by atoms with E-state index >= 15 is 0 Å². The van der Waals surface area contributed by atoms with Crippen molar-refractivity contribution in [2.45, 2.75) is 38.6 Å². The topological polar surface area (TPSA) is 65.4 Å². The van der Waals surface area contributed by atoms with E-state index in [-0.39, 0.29) is 6.03 Å². The number of carbonyl (C=O) groups is 1. The lowest BCUT2D eigenvalue weighted by Gasteiger charge is -2.47. The number of amidine groups is 1. The first kappa shape index (κ1) is 13.3. The smallest absolute Gasteiger partial charge is 0.323 e. The van der Waals surface area contributed by atoms with Gasteiger partial charge in [-0.15, -0.1) is 0 Å². The van der Waals surface area contributed by atoms with Crippen molar-refractivity contribution in [3.05, 3.63) is 0 Å². The summed E-state index contributed by atoms with van der Waals surface area (Å²) < 4.78 is 5.09. The molecule has 2 fully saturated rings. The van der Waals surface area contributed by atoms with Gasteiger partial charge in [0.05, 0.1) is 6.61 Å². The van der Waals surface area contributed by atoms with Gasteiger partial charge in [-0.3, -0.25) is 10.7 Å². The highest BCUT2D eigenvalue weighted by molar-refractivity contribution is 6.08. The van der Waals surface area contributed by atoms with E-state index in [0.29, 0.717) is 30.8 Å². The number of carbonyl (C=O) groups excluding carboxylic acids is 1. The van der Waals surface area contributed by atoms with Gasteiger partial charge in [0.1, 0.15) is 11.4 Å². The zero-order chi connectivity index (χ0) is 13.3. The monoisotopic (exact) mass is 253 g/mol. The molecule has 1 aliphatic carbocycles. The number of ether oxygens (including phenoxy) is 1.